The lowest BCUT2D eigenvalue weighted by molar-refractivity contribution is -0.129. The first-order valence-corrected chi connectivity index (χ1v) is 17.0. The SMILES string of the molecule is Cc1cc(C(F)(F)C2CCC(C(=O)NCCCO)CC2)cc(N2CCN(S(=O)(=O)c3ccc(N4CC(N)CC4=O)cc3)CC2)n1. The molecule has 2 aromatic rings. The summed E-state index contributed by atoms with van der Waals surface area (Å²) in [6.07, 6.45) is 1.93. The van der Waals surface area contributed by atoms with Gasteiger partial charge >= 0.3 is 0 Å². The molecule has 1 aromatic carbocycles. The number of alkyl halides is 2. The molecule has 1 atom stereocenters. The van der Waals surface area contributed by atoms with E-state index in [1.54, 1.807) is 24.0 Å². The van der Waals surface area contributed by atoms with Gasteiger partial charge in [0, 0.05) is 87.1 Å². The molecule has 2 saturated heterocycles. The third kappa shape index (κ3) is 7.29. The Labute approximate surface area is 262 Å². The molecule has 45 heavy (non-hydrogen) atoms. The van der Waals surface area contributed by atoms with Crippen molar-refractivity contribution < 1.29 is 31.9 Å². The van der Waals surface area contributed by atoms with Crippen molar-refractivity contribution in [2.45, 2.75) is 62.3 Å². The van der Waals surface area contributed by atoms with Gasteiger partial charge in [0.1, 0.15) is 5.82 Å². The maximum absolute atomic E-state index is 15.8. The quantitative estimate of drug-likeness (QED) is 0.333. The number of nitrogens with one attached hydrogen (secondary N) is 1. The largest absolute Gasteiger partial charge is 0.396 e. The van der Waals surface area contributed by atoms with Gasteiger partial charge in [-0.3, -0.25) is 9.59 Å². The lowest BCUT2D eigenvalue weighted by Crippen LogP contribution is -2.49. The van der Waals surface area contributed by atoms with E-state index in [-0.39, 0.29) is 86.3 Å². The van der Waals surface area contributed by atoms with E-state index in [1.807, 2.05) is 4.90 Å². The van der Waals surface area contributed by atoms with Crippen molar-refractivity contribution in [3.8, 4) is 0 Å². The highest BCUT2D eigenvalue weighted by Crippen LogP contribution is 2.45. The van der Waals surface area contributed by atoms with E-state index in [2.05, 4.69) is 10.3 Å². The number of nitrogens with zero attached hydrogens (tertiary/aromatic N) is 4. The number of aliphatic hydroxyl groups excluding tert-OH is 1. The van der Waals surface area contributed by atoms with Crippen LogP contribution in [0.1, 0.15) is 49.8 Å². The number of benzene rings is 1. The number of aromatic nitrogens is 1. The maximum Gasteiger partial charge on any atom is 0.276 e. The van der Waals surface area contributed by atoms with Crippen LogP contribution in [0.2, 0.25) is 0 Å². The number of pyridine rings is 1. The van der Waals surface area contributed by atoms with E-state index in [0.717, 1.165) is 0 Å². The molecule has 14 heteroatoms. The zero-order chi connectivity index (χ0) is 32.4. The Kier molecular flexibility index (Phi) is 10.1. The third-order valence-electron chi connectivity index (χ3n) is 9.07. The molecule has 0 bridgehead atoms. The van der Waals surface area contributed by atoms with Crippen LogP contribution >= 0.6 is 0 Å². The molecule has 3 fully saturated rings. The summed E-state index contributed by atoms with van der Waals surface area (Å²) in [6.45, 7) is 3.31. The normalized spacial score (nSPS) is 23.4. The number of halogens is 2. The summed E-state index contributed by atoms with van der Waals surface area (Å²) in [7, 11) is -3.81. The van der Waals surface area contributed by atoms with Crippen molar-refractivity contribution in [2.24, 2.45) is 17.6 Å². The fourth-order valence-corrected chi connectivity index (χ4v) is 7.91. The molecule has 5 rings (SSSR count). The Morgan fingerprint density at radius 3 is 2.36 bits per heavy atom. The van der Waals surface area contributed by atoms with Crippen LogP contribution in [0.4, 0.5) is 20.3 Å². The highest BCUT2D eigenvalue weighted by Gasteiger charge is 2.44. The molecule has 3 aliphatic rings. The number of rotatable bonds is 10. The van der Waals surface area contributed by atoms with Crippen LogP contribution in [0.3, 0.4) is 0 Å². The number of hydrogen-bond acceptors (Lipinski definition) is 8. The standard InChI is InChI=1S/C31H42F2N6O5S/c1-21-17-24(31(32,33)23-5-3-22(4-6-23)30(42)35-11-2-16-40)18-28(36-21)37-12-14-38(15-13-37)45(43,44)27-9-7-26(8-10-27)39-20-25(34)19-29(39)41/h7-10,17-18,22-23,25,40H,2-6,11-16,19-20,34H2,1H3,(H,35,42). The minimum Gasteiger partial charge on any atom is -0.396 e. The number of sulfonamides is 1. The van der Waals surface area contributed by atoms with Crippen LogP contribution in [-0.2, 0) is 25.5 Å². The average Bonchev–Trinajstić information content (AvgIpc) is 3.38. The highest BCUT2D eigenvalue weighted by atomic mass is 32.2. The second-order valence-electron chi connectivity index (χ2n) is 12.2. The van der Waals surface area contributed by atoms with Crippen LogP contribution in [0.15, 0.2) is 41.3 Å². The van der Waals surface area contributed by atoms with Gasteiger partial charge < -0.3 is 26.0 Å². The molecule has 246 valence electrons. The third-order valence-corrected chi connectivity index (χ3v) is 11.0. The molecule has 4 N–H and O–H groups in total. The fraction of sp³-hybridized carbons (Fsp3) is 0.581. The van der Waals surface area contributed by atoms with Crippen LogP contribution in [-0.4, -0.2) is 86.5 Å². The minimum atomic E-state index is -3.81. The molecule has 3 heterocycles. The number of aryl methyl sites for hydroxylation is 1. The molecule has 1 unspecified atom stereocenters. The van der Waals surface area contributed by atoms with Crippen LogP contribution in [0, 0.1) is 18.8 Å². The predicted molar refractivity (Wildman–Crippen MR) is 165 cm³/mol. The molecule has 1 aromatic heterocycles. The van der Waals surface area contributed by atoms with Crippen LogP contribution < -0.4 is 20.9 Å². The summed E-state index contributed by atoms with van der Waals surface area (Å²) in [4.78, 5) is 32.5. The molecule has 11 nitrogen and oxygen atoms in total. The van der Waals surface area contributed by atoms with Crippen molar-refractivity contribution in [1.82, 2.24) is 14.6 Å². The van der Waals surface area contributed by atoms with Gasteiger partial charge in [-0.2, -0.15) is 4.31 Å². The molecule has 1 saturated carbocycles. The zero-order valence-electron chi connectivity index (χ0n) is 25.5. The minimum absolute atomic E-state index is 0.0177. The molecular weight excluding hydrogens is 606 g/mol. The first-order valence-electron chi connectivity index (χ1n) is 15.6. The Balaban J connectivity index is 1.20. The summed E-state index contributed by atoms with van der Waals surface area (Å²) in [5.74, 6) is -4.16. The Bertz CT molecular complexity index is 1480. The summed E-state index contributed by atoms with van der Waals surface area (Å²) in [5.41, 5.74) is 6.81. The van der Waals surface area contributed by atoms with Crippen LogP contribution in [0.25, 0.3) is 0 Å². The lowest BCUT2D eigenvalue weighted by atomic mass is 9.77. The second-order valence-corrected chi connectivity index (χ2v) is 14.2. The molecule has 2 amide bonds. The number of carbonyl (C=O) groups excluding carboxylic acids is 2. The van der Waals surface area contributed by atoms with Gasteiger partial charge in [-0.25, -0.2) is 22.2 Å². The van der Waals surface area contributed by atoms with Crippen molar-refractivity contribution in [3.05, 3.63) is 47.7 Å². The molecular formula is C31H42F2N6O5S. The van der Waals surface area contributed by atoms with Crippen LogP contribution in [0.5, 0.6) is 0 Å². The lowest BCUT2D eigenvalue weighted by Gasteiger charge is -2.36. The van der Waals surface area contributed by atoms with Gasteiger partial charge in [-0.1, -0.05) is 0 Å². The number of carbonyl (C=O) groups is 2. The summed E-state index contributed by atoms with van der Waals surface area (Å²) in [6, 6.07) is 8.77. The average molecular weight is 649 g/mol. The topological polar surface area (TPSA) is 149 Å². The van der Waals surface area contributed by atoms with Crippen molar-refractivity contribution in [1.29, 1.82) is 0 Å². The fourth-order valence-electron chi connectivity index (χ4n) is 6.48. The van der Waals surface area contributed by atoms with Gasteiger partial charge in [-0.05, 0) is 75.4 Å². The number of anilines is 2. The van der Waals surface area contributed by atoms with Gasteiger partial charge in [0.2, 0.25) is 21.8 Å². The first kappa shape index (κ1) is 33.2. The van der Waals surface area contributed by atoms with Gasteiger partial charge in [0.25, 0.3) is 5.92 Å². The molecule has 1 aliphatic carbocycles. The zero-order valence-corrected chi connectivity index (χ0v) is 26.3. The summed E-state index contributed by atoms with van der Waals surface area (Å²) in [5, 5.41) is 11.7. The van der Waals surface area contributed by atoms with Crippen molar-refractivity contribution in [2.75, 3.05) is 55.7 Å². The maximum atomic E-state index is 15.8. The van der Waals surface area contributed by atoms with E-state index in [4.69, 9.17) is 10.8 Å². The number of piperazine rings is 1. The Morgan fingerprint density at radius 1 is 1.09 bits per heavy atom. The molecule has 0 spiro atoms. The van der Waals surface area contributed by atoms with Crippen molar-refractivity contribution >= 4 is 33.3 Å². The number of amides is 2. The van der Waals surface area contributed by atoms with E-state index < -0.39 is 21.9 Å². The smallest absolute Gasteiger partial charge is 0.276 e. The highest BCUT2D eigenvalue weighted by molar-refractivity contribution is 7.89. The number of hydrogen-bond donors (Lipinski definition) is 3. The van der Waals surface area contributed by atoms with Gasteiger partial charge in [0.15, 0.2) is 0 Å². The monoisotopic (exact) mass is 648 g/mol. The van der Waals surface area contributed by atoms with Crippen molar-refractivity contribution in [3.63, 3.8) is 0 Å². The van der Waals surface area contributed by atoms with E-state index in [1.165, 1.54) is 28.6 Å². The predicted octanol–water partition coefficient (Wildman–Crippen LogP) is 2.36. The summed E-state index contributed by atoms with van der Waals surface area (Å²) < 4.78 is 59.8. The van der Waals surface area contributed by atoms with E-state index >= 15 is 8.78 Å². The van der Waals surface area contributed by atoms with E-state index in [9.17, 15) is 18.0 Å². The Hall–Kier alpha value is -3.20. The molecule has 2 aliphatic heterocycles. The number of nitrogens with two attached hydrogens (primary N) is 1. The summed E-state index contributed by atoms with van der Waals surface area (Å²) >= 11 is 0. The van der Waals surface area contributed by atoms with Gasteiger partial charge in [-0.15, -0.1) is 0 Å². The Morgan fingerprint density at radius 2 is 1.76 bits per heavy atom. The van der Waals surface area contributed by atoms with Gasteiger partial charge in [0.05, 0.1) is 4.90 Å². The number of aliphatic hydroxyl groups is 1. The second kappa shape index (κ2) is 13.7. The first-order chi connectivity index (χ1) is 21.4. The molecule has 0 radical (unpaired) electrons. The van der Waals surface area contributed by atoms with E-state index in [0.29, 0.717) is 49.6 Å².